The van der Waals surface area contributed by atoms with Gasteiger partial charge in [-0.05, 0) is 60.2 Å². The summed E-state index contributed by atoms with van der Waals surface area (Å²) in [6.07, 6.45) is 0.830. The topological polar surface area (TPSA) is 86.7 Å². The molecule has 0 unspecified atom stereocenters. The van der Waals surface area contributed by atoms with Crippen LogP contribution in [0.15, 0.2) is 47.4 Å². The molecule has 0 saturated carbocycles. The van der Waals surface area contributed by atoms with Gasteiger partial charge in [-0.1, -0.05) is 38.4 Å². The van der Waals surface area contributed by atoms with E-state index in [4.69, 9.17) is 11.6 Å². The van der Waals surface area contributed by atoms with E-state index < -0.39 is 10.0 Å². The second-order valence-corrected chi connectivity index (χ2v) is 11.0. The number of aromatic hydroxyl groups is 1. The number of amides is 1. The van der Waals surface area contributed by atoms with Crippen LogP contribution in [0.2, 0.25) is 5.02 Å². The molecule has 1 heterocycles. The van der Waals surface area contributed by atoms with Crippen molar-refractivity contribution in [3.05, 3.63) is 53.1 Å². The van der Waals surface area contributed by atoms with Gasteiger partial charge in [0, 0.05) is 24.0 Å². The van der Waals surface area contributed by atoms with Crippen molar-refractivity contribution in [2.75, 3.05) is 18.4 Å². The fourth-order valence-corrected chi connectivity index (χ4v) is 5.05. The van der Waals surface area contributed by atoms with Crippen molar-refractivity contribution in [1.29, 1.82) is 0 Å². The number of rotatable bonds is 4. The summed E-state index contributed by atoms with van der Waals surface area (Å²) in [4.78, 5) is 12.9. The van der Waals surface area contributed by atoms with Gasteiger partial charge in [0.25, 0.3) is 0 Å². The number of carbonyl (C=O) groups excluding carboxylic acids is 1. The molecule has 0 aromatic heterocycles. The molecule has 162 valence electrons. The van der Waals surface area contributed by atoms with Gasteiger partial charge in [0.1, 0.15) is 5.75 Å². The lowest BCUT2D eigenvalue weighted by Gasteiger charge is -2.30. The maximum absolute atomic E-state index is 12.8. The Balaban J connectivity index is 1.65. The molecule has 0 aliphatic carbocycles. The molecule has 0 bridgehead atoms. The molecular weight excluding hydrogens is 424 g/mol. The van der Waals surface area contributed by atoms with E-state index in [9.17, 15) is 18.3 Å². The van der Waals surface area contributed by atoms with Gasteiger partial charge in [0.05, 0.1) is 10.6 Å². The Morgan fingerprint density at radius 1 is 1.10 bits per heavy atom. The van der Waals surface area contributed by atoms with Crippen LogP contribution in [-0.2, 0) is 20.2 Å². The molecule has 1 fully saturated rings. The van der Waals surface area contributed by atoms with Crippen LogP contribution < -0.4 is 5.32 Å². The Labute approximate surface area is 182 Å². The summed E-state index contributed by atoms with van der Waals surface area (Å²) in [5, 5.41) is 13.4. The van der Waals surface area contributed by atoms with Crippen molar-refractivity contribution in [3.63, 3.8) is 0 Å². The summed E-state index contributed by atoms with van der Waals surface area (Å²) in [6, 6.07) is 11.3. The highest BCUT2D eigenvalue weighted by molar-refractivity contribution is 7.89. The number of hydrogen-bond donors (Lipinski definition) is 2. The first-order valence-electron chi connectivity index (χ1n) is 9.88. The van der Waals surface area contributed by atoms with E-state index in [1.165, 1.54) is 16.4 Å². The number of benzene rings is 2. The first-order valence-corrected chi connectivity index (χ1v) is 11.7. The van der Waals surface area contributed by atoms with E-state index in [-0.39, 0.29) is 41.0 Å². The minimum absolute atomic E-state index is 0.0131. The molecule has 0 radical (unpaired) electrons. The van der Waals surface area contributed by atoms with Gasteiger partial charge >= 0.3 is 0 Å². The molecule has 3 rings (SSSR count). The molecule has 6 nitrogen and oxygen atoms in total. The summed E-state index contributed by atoms with van der Waals surface area (Å²) >= 11 is 5.84. The molecule has 1 aliphatic heterocycles. The summed E-state index contributed by atoms with van der Waals surface area (Å²) < 4.78 is 27.0. The number of piperidine rings is 1. The third kappa shape index (κ3) is 4.96. The first kappa shape index (κ1) is 22.6. The lowest BCUT2D eigenvalue weighted by atomic mass is 9.86. The maximum Gasteiger partial charge on any atom is 0.243 e. The second-order valence-electron chi connectivity index (χ2n) is 8.60. The van der Waals surface area contributed by atoms with Gasteiger partial charge in [0.15, 0.2) is 0 Å². The predicted molar refractivity (Wildman–Crippen MR) is 118 cm³/mol. The highest BCUT2D eigenvalue weighted by Crippen LogP contribution is 2.32. The van der Waals surface area contributed by atoms with E-state index in [2.05, 4.69) is 26.1 Å². The normalized spacial score (nSPS) is 16.4. The molecule has 1 saturated heterocycles. The molecule has 1 amide bonds. The van der Waals surface area contributed by atoms with Crippen LogP contribution in [0, 0.1) is 5.92 Å². The summed E-state index contributed by atoms with van der Waals surface area (Å²) in [7, 11) is -3.61. The van der Waals surface area contributed by atoms with Crippen LogP contribution in [-0.4, -0.2) is 36.8 Å². The van der Waals surface area contributed by atoms with Crippen LogP contribution in [0.5, 0.6) is 5.75 Å². The standard InChI is InChI=1S/C22H27ClN2O4S/c1-22(2,3)16-4-9-20(26)19(14-16)24-21(27)15-10-12-25(13-11-15)30(28,29)18-7-5-17(23)6-8-18/h4-9,14-15,26H,10-13H2,1-3H3,(H,24,27). The number of carbonyl (C=O) groups is 1. The lowest BCUT2D eigenvalue weighted by molar-refractivity contribution is -0.120. The zero-order valence-electron chi connectivity index (χ0n) is 17.4. The average molecular weight is 451 g/mol. The number of nitrogens with one attached hydrogen (secondary N) is 1. The Kier molecular flexibility index (Phi) is 6.45. The van der Waals surface area contributed by atoms with Crippen molar-refractivity contribution < 1.29 is 18.3 Å². The Bertz CT molecular complexity index is 1020. The number of phenolic OH excluding ortho intramolecular Hbond substituents is 1. The zero-order chi connectivity index (χ0) is 22.1. The van der Waals surface area contributed by atoms with Crippen LogP contribution >= 0.6 is 11.6 Å². The summed E-state index contributed by atoms with van der Waals surface area (Å²) in [5.41, 5.74) is 1.26. The molecule has 2 aromatic carbocycles. The maximum atomic E-state index is 12.8. The largest absolute Gasteiger partial charge is 0.506 e. The molecule has 2 aromatic rings. The molecule has 2 N–H and O–H groups in total. The first-order chi connectivity index (χ1) is 14.0. The highest BCUT2D eigenvalue weighted by Gasteiger charge is 2.32. The quantitative estimate of drug-likeness (QED) is 0.676. The van der Waals surface area contributed by atoms with Crippen molar-refractivity contribution in [2.24, 2.45) is 5.92 Å². The highest BCUT2D eigenvalue weighted by atomic mass is 35.5. The van der Waals surface area contributed by atoms with E-state index >= 15 is 0 Å². The molecule has 8 heteroatoms. The third-order valence-electron chi connectivity index (χ3n) is 5.40. The fraction of sp³-hybridized carbons (Fsp3) is 0.409. The monoisotopic (exact) mass is 450 g/mol. The number of hydrogen-bond acceptors (Lipinski definition) is 4. The molecule has 0 atom stereocenters. The Morgan fingerprint density at radius 2 is 1.70 bits per heavy atom. The SMILES string of the molecule is CC(C)(C)c1ccc(O)c(NC(=O)C2CCN(S(=O)(=O)c3ccc(Cl)cc3)CC2)c1. The average Bonchev–Trinajstić information content (AvgIpc) is 2.69. The van der Waals surface area contributed by atoms with Crippen LogP contribution in [0.25, 0.3) is 0 Å². The molecule has 30 heavy (non-hydrogen) atoms. The zero-order valence-corrected chi connectivity index (χ0v) is 18.9. The number of anilines is 1. The summed E-state index contributed by atoms with van der Waals surface area (Å²) in [6.45, 7) is 6.69. The van der Waals surface area contributed by atoms with Gasteiger partial charge in [-0.3, -0.25) is 4.79 Å². The molecule has 1 aliphatic rings. The van der Waals surface area contributed by atoms with Gasteiger partial charge in [0.2, 0.25) is 15.9 Å². The third-order valence-corrected chi connectivity index (χ3v) is 7.56. The van der Waals surface area contributed by atoms with Gasteiger partial charge in [-0.15, -0.1) is 0 Å². The van der Waals surface area contributed by atoms with Gasteiger partial charge < -0.3 is 10.4 Å². The second kappa shape index (κ2) is 8.57. The molecular formula is C22H27ClN2O4S. The minimum Gasteiger partial charge on any atom is -0.506 e. The van der Waals surface area contributed by atoms with Crippen LogP contribution in [0.3, 0.4) is 0 Å². The van der Waals surface area contributed by atoms with Crippen molar-refractivity contribution in [3.8, 4) is 5.75 Å². The Morgan fingerprint density at radius 3 is 2.27 bits per heavy atom. The van der Waals surface area contributed by atoms with E-state index in [1.54, 1.807) is 24.3 Å². The minimum atomic E-state index is -3.61. The van der Waals surface area contributed by atoms with E-state index in [0.29, 0.717) is 23.6 Å². The number of sulfonamides is 1. The predicted octanol–water partition coefficient (Wildman–Crippen LogP) is 4.38. The van der Waals surface area contributed by atoms with Crippen molar-refractivity contribution >= 4 is 33.2 Å². The molecule has 0 spiro atoms. The number of halogens is 1. The van der Waals surface area contributed by atoms with Gasteiger partial charge in [-0.25, -0.2) is 8.42 Å². The Hall–Kier alpha value is -2.09. The van der Waals surface area contributed by atoms with E-state index in [0.717, 1.165) is 5.56 Å². The summed E-state index contributed by atoms with van der Waals surface area (Å²) in [5.74, 6) is -0.515. The lowest BCUT2D eigenvalue weighted by Crippen LogP contribution is -2.41. The van der Waals surface area contributed by atoms with Gasteiger partial charge in [-0.2, -0.15) is 4.31 Å². The fourth-order valence-electron chi connectivity index (χ4n) is 3.45. The van der Waals surface area contributed by atoms with Crippen LogP contribution in [0.4, 0.5) is 5.69 Å². The number of nitrogens with zero attached hydrogens (tertiary/aromatic N) is 1. The van der Waals surface area contributed by atoms with E-state index in [1.807, 2.05) is 6.07 Å². The number of phenols is 1. The van der Waals surface area contributed by atoms with Crippen molar-refractivity contribution in [2.45, 2.75) is 43.9 Å². The van der Waals surface area contributed by atoms with Crippen molar-refractivity contribution in [1.82, 2.24) is 4.31 Å². The smallest absolute Gasteiger partial charge is 0.243 e. The van der Waals surface area contributed by atoms with Crippen LogP contribution in [0.1, 0.15) is 39.2 Å².